The minimum Gasteiger partial charge on any atom is -0.494 e. The van der Waals surface area contributed by atoms with Crippen LogP contribution in [0.25, 0.3) is 10.9 Å². The number of nitrogens with one attached hydrogen (secondary N) is 1. The van der Waals surface area contributed by atoms with Gasteiger partial charge in [0.1, 0.15) is 22.9 Å². The SMILES string of the molecule is COc1cc(F)cc2ccc(NN)nc12. The van der Waals surface area contributed by atoms with Crippen molar-refractivity contribution >= 4 is 16.7 Å². The Labute approximate surface area is 85.8 Å². The summed E-state index contributed by atoms with van der Waals surface area (Å²) in [5.41, 5.74) is 3.00. The van der Waals surface area contributed by atoms with E-state index in [1.54, 1.807) is 12.1 Å². The van der Waals surface area contributed by atoms with Crippen LogP contribution in [0.15, 0.2) is 24.3 Å². The third-order valence-electron chi connectivity index (χ3n) is 2.09. The van der Waals surface area contributed by atoms with Crippen LogP contribution in [0.3, 0.4) is 0 Å². The van der Waals surface area contributed by atoms with Crippen molar-refractivity contribution < 1.29 is 9.13 Å². The lowest BCUT2D eigenvalue weighted by molar-refractivity contribution is 0.415. The quantitative estimate of drug-likeness (QED) is 0.581. The van der Waals surface area contributed by atoms with Crippen LogP contribution in [0.5, 0.6) is 5.75 Å². The number of methoxy groups -OCH3 is 1. The molecule has 15 heavy (non-hydrogen) atoms. The normalized spacial score (nSPS) is 10.3. The Morgan fingerprint density at radius 3 is 2.87 bits per heavy atom. The second-order valence-corrected chi connectivity index (χ2v) is 3.02. The number of fused-ring (bicyclic) bond motifs is 1. The number of hydrazine groups is 1. The van der Waals surface area contributed by atoms with Crippen LogP contribution in [-0.2, 0) is 0 Å². The van der Waals surface area contributed by atoms with E-state index < -0.39 is 0 Å². The van der Waals surface area contributed by atoms with E-state index in [1.807, 2.05) is 0 Å². The Morgan fingerprint density at radius 2 is 2.20 bits per heavy atom. The van der Waals surface area contributed by atoms with Crippen LogP contribution in [-0.4, -0.2) is 12.1 Å². The standard InChI is InChI=1S/C10H10FN3O/c1-15-8-5-7(11)4-6-2-3-9(14-12)13-10(6)8/h2-5H,12H2,1H3,(H,13,14). The fourth-order valence-corrected chi connectivity index (χ4v) is 1.40. The van der Waals surface area contributed by atoms with Crippen molar-refractivity contribution in [2.45, 2.75) is 0 Å². The van der Waals surface area contributed by atoms with Gasteiger partial charge in [-0.15, -0.1) is 0 Å². The van der Waals surface area contributed by atoms with Gasteiger partial charge in [-0.1, -0.05) is 0 Å². The molecular formula is C10H10FN3O. The molecule has 0 amide bonds. The first kappa shape index (κ1) is 9.67. The zero-order valence-corrected chi connectivity index (χ0v) is 8.12. The van der Waals surface area contributed by atoms with Crippen molar-refractivity contribution in [3.05, 3.63) is 30.1 Å². The van der Waals surface area contributed by atoms with Gasteiger partial charge in [0.15, 0.2) is 0 Å². The summed E-state index contributed by atoms with van der Waals surface area (Å²) in [5, 5.41) is 0.672. The van der Waals surface area contributed by atoms with Crippen LogP contribution in [0.1, 0.15) is 0 Å². The third kappa shape index (κ3) is 1.69. The number of nitrogen functional groups attached to an aromatic ring is 1. The zero-order chi connectivity index (χ0) is 10.8. The summed E-state index contributed by atoms with van der Waals surface area (Å²) in [6.45, 7) is 0. The number of anilines is 1. The summed E-state index contributed by atoms with van der Waals surface area (Å²) in [7, 11) is 1.47. The average molecular weight is 207 g/mol. The number of rotatable bonds is 2. The minimum atomic E-state index is -0.352. The summed E-state index contributed by atoms with van der Waals surface area (Å²) >= 11 is 0. The number of hydrogen-bond acceptors (Lipinski definition) is 4. The van der Waals surface area contributed by atoms with E-state index in [4.69, 9.17) is 10.6 Å². The highest BCUT2D eigenvalue weighted by atomic mass is 19.1. The number of aromatic nitrogens is 1. The van der Waals surface area contributed by atoms with Gasteiger partial charge in [-0.2, -0.15) is 0 Å². The van der Waals surface area contributed by atoms with Crippen LogP contribution < -0.4 is 16.0 Å². The molecule has 5 heteroatoms. The zero-order valence-electron chi connectivity index (χ0n) is 8.12. The van der Waals surface area contributed by atoms with E-state index in [0.29, 0.717) is 22.5 Å². The summed E-state index contributed by atoms with van der Waals surface area (Å²) in [6.07, 6.45) is 0. The largest absolute Gasteiger partial charge is 0.494 e. The fraction of sp³-hybridized carbons (Fsp3) is 0.100. The first-order chi connectivity index (χ1) is 7.24. The molecule has 2 rings (SSSR count). The highest BCUT2D eigenvalue weighted by Gasteiger charge is 2.06. The van der Waals surface area contributed by atoms with Crippen LogP contribution in [0.2, 0.25) is 0 Å². The average Bonchev–Trinajstić information content (AvgIpc) is 2.27. The molecule has 0 radical (unpaired) electrons. The molecule has 0 unspecified atom stereocenters. The summed E-state index contributed by atoms with van der Waals surface area (Å²) < 4.78 is 18.2. The van der Waals surface area contributed by atoms with Crippen LogP contribution in [0, 0.1) is 5.82 Å². The van der Waals surface area contributed by atoms with E-state index in [2.05, 4.69) is 10.4 Å². The van der Waals surface area contributed by atoms with Crippen molar-refractivity contribution in [1.82, 2.24) is 4.98 Å². The highest BCUT2D eigenvalue weighted by Crippen LogP contribution is 2.26. The van der Waals surface area contributed by atoms with Gasteiger partial charge in [0.25, 0.3) is 0 Å². The molecule has 0 aliphatic carbocycles. The van der Waals surface area contributed by atoms with Gasteiger partial charge in [0, 0.05) is 11.5 Å². The van der Waals surface area contributed by atoms with Crippen LogP contribution in [0.4, 0.5) is 10.2 Å². The molecular weight excluding hydrogens is 197 g/mol. The Kier molecular flexibility index (Phi) is 2.39. The number of nitrogens with zero attached hydrogens (tertiary/aromatic N) is 1. The Balaban J connectivity index is 2.73. The molecule has 0 atom stereocenters. The number of halogens is 1. The lowest BCUT2D eigenvalue weighted by Crippen LogP contribution is -2.08. The molecule has 1 heterocycles. The third-order valence-corrected chi connectivity index (χ3v) is 2.09. The summed E-state index contributed by atoms with van der Waals surface area (Å²) in [5.74, 6) is 5.78. The molecule has 4 nitrogen and oxygen atoms in total. The molecule has 0 saturated carbocycles. The van der Waals surface area contributed by atoms with E-state index >= 15 is 0 Å². The molecule has 0 aliphatic heterocycles. The maximum atomic E-state index is 13.1. The van der Waals surface area contributed by atoms with E-state index in [1.165, 1.54) is 19.2 Å². The topological polar surface area (TPSA) is 60.2 Å². The maximum Gasteiger partial charge on any atom is 0.148 e. The lowest BCUT2D eigenvalue weighted by atomic mass is 10.2. The van der Waals surface area contributed by atoms with Crippen molar-refractivity contribution in [3.8, 4) is 5.75 Å². The predicted octanol–water partition coefficient (Wildman–Crippen LogP) is 1.67. The molecule has 3 N–H and O–H groups in total. The molecule has 0 bridgehead atoms. The van der Waals surface area contributed by atoms with Crippen molar-refractivity contribution in [2.75, 3.05) is 12.5 Å². The monoisotopic (exact) mass is 207 g/mol. The van der Waals surface area contributed by atoms with Gasteiger partial charge in [0.2, 0.25) is 0 Å². The van der Waals surface area contributed by atoms with Gasteiger partial charge in [-0.3, -0.25) is 0 Å². The molecule has 78 valence electrons. The first-order valence-electron chi connectivity index (χ1n) is 4.35. The molecule has 1 aromatic heterocycles. The molecule has 0 fully saturated rings. The second-order valence-electron chi connectivity index (χ2n) is 3.02. The van der Waals surface area contributed by atoms with Gasteiger partial charge in [-0.25, -0.2) is 15.2 Å². The van der Waals surface area contributed by atoms with E-state index in [0.717, 1.165) is 0 Å². The Morgan fingerprint density at radius 1 is 1.40 bits per heavy atom. The van der Waals surface area contributed by atoms with Crippen molar-refractivity contribution in [3.63, 3.8) is 0 Å². The molecule has 0 aliphatic rings. The van der Waals surface area contributed by atoms with Crippen molar-refractivity contribution in [1.29, 1.82) is 0 Å². The molecule has 0 spiro atoms. The smallest absolute Gasteiger partial charge is 0.148 e. The van der Waals surface area contributed by atoms with Crippen LogP contribution >= 0.6 is 0 Å². The number of hydrogen-bond donors (Lipinski definition) is 2. The van der Waals surface area contributed by atoms with E-state index in [-0.39, 0.29) is 5.82 Å². The number of nitrogens with two attached hydrogens (primary N) is 1. The number of ether oxygens (including phenoxy) is 1. The lowest BCUT2D eigenvalue weighted by Gasteiger charge is -2.06. The van der Waals surface area contributed by atoms with Gasteiger partial charge in [-0.05, 0) is 18.2 Å². The number of pyridine rings is 1. The fourth-order valence-electron chi connectivity index (χ4n) is 1.40. The van der Waals surface area contributed by atoms with Gasteiger partial charge >= 0.3 is 0 Å². The number of benzene rings is 1. The van der Waals surface area contributed by atoms with Gasteiger partial charge in [0.05, 0.1) is 7.11 Å². The van der Waals surface area contributed by atoms with Gasteiger partial charge < -0.3 is 10.2 Å². The second kappa shape index (κ2) is 3.70. The highest BCUT2D eigenvalue weighted by molar-refractivity contribution is 5.85. The summed E-state index contributed by atoms with van der Waals surface area (Å²) in [4.78, 5) is 4.18. The first-order valence-corrected chi connectivity index (χ1v) is 4.35. The maximum absolute atomic E-state index is 13.1. The van der Waals surface area contributed by atoms with Crippen molar-refractivity contribution in [2.24, 2.45) is 5.84 Å². The Bertz CT molecular complexity index is 501. The molecule has 0 saturated heterocycles. The molecule has 1 aromatic carbocycles. The predicted molar refractivity (Wildman–Crippen MR) is 56.1 cm³/mol. The minimum absolute atomic E-state index is 0.352. The Hall–Kier alpha value is -1.88. The molecule has 2 aromatic rings. The van der Waals surface area contributed by atoms with E-state index in [9.17, 15) is 4.39 Å². The summed E-state index contributed by atoms with van der Waals surface area (Å²) in [6, 6.07) is 6.07.